The number of hydrazine groups is 1. The zero-order valence-corrected chi connectivity index (χ0v) is 24.3. The van der Waals surface area contributed by atoms with Crippen molar-refractivity contribution in [3.8, 4) is 22.5 Å². The maximum atomic E-state index is 13.7. The Labute approximate surface area is 256 Å². The van der Waals surface area contributed by atoms with Crippen molar-refractivity contribution in [2.45, 2.75) is 38.4 Å². The lowest BCUT2D eigenvalue weighted by Gasteiger charge is -2.24. The van der Waals surface area contributed by atoms with Crippen LogP contribution in [0, 0.1) is 5.92 Å². The van der Waals surface area contributed by atoms with Crippen molar-refractivity contribution in [3.63, 3.8) is 0 Å². The van der Waals surface area contributed by atoms with E-state index in [1.54, 1.807) is 18.3 Å². The van der Waals surface area contributed by atoms with E-state index < -0.39 is 23.5 Å². The molecule has 4 aromatic rings. The van der Waals surface area contributed by atoms with Gasteiger partial charge in [-0.1, -0.05) is 43.1 Å². The van der Waals surface area contributed by atoms with Crippen LogP contribution in [-0.2, 0) is 4.79 Å². The van der Waals surface area contributed by atoms with Gasteiger partial charge in [-0.05, 0) is 54.8 Å². The van der Waals surface area contributed by atoms with Crippen LogP contribution in [0.25, 0.3) is 22.5 Å². The zero-order valence-electron chi connectivity index (χ0n) is 23.6. The van der Waals surface area contributed by atoms with Crippen LogP contribution in [0.2, 0.25) is 5.02 Å². The molecule has 0 radical (unpaired) electrons. The third-order valence-electron chi connectivity index (χ3n) is 7.46. The highest BCUT2D eigenvalue weighted by atomic mass is 35.5. The molecule has 44 heavy (non-hydrogen) atoms. The van der Waals surface area contributed by atoms with Crippen molar-refractivity contribution in [3.05, 3.63) is 106 Å². The first-order valence-electron chi connectivity index (χ1n) is 13.7. The molecule has 228 valence electrons. The molecular formula is C31H29ClF3N7O2. The summed E-state index contributed by atoms with van der Waals surface area (Å²) < 4.78 is 40.6. The standard InChI is InChI=1S/C31H29ClF3N7O2/c1-18-5-2-9-25(19-6-3-7-20(13-19)29-23(40-30(18)44)8-4-12-38-29)41-17-39-24(15-28(41)43)22-14-21(32)10-11-26(22)42(37)16-27(36)31(33,34)35/h3-4,6-8,10-18,25H,2,5,9,36-37H2,1H3,(H,40,44)/b27-16-. The van der Waals surface area contributed by atoms with E-state index >= 15 is 0 Å². The van der Waals surface area contributed by atoms with Crippen molar-refractivity contribution in [1.82, 2.24) is 14.5 Å². The number of pyridine rings is 1. The number of allylic oxidation sites excluding steroid dienone is 1. The largest absolute Gasteiger partial charge is 0.432 e. The Bertz CT molecular complexity index is 1790. The number of anilines is 2. The number of fused-ring (bicyclic) bond motifs is 4. The Balaban J connectivity index is 1.57. The van der Waals surface area contributed by atoms with Crippen molar-refractivity contribution < 1.29 is 18.0 Å². The van der Waals surface area contributed by atoms with Crippen LogP contribution in [0.4, 0.5) is 24.5 Å². The third kappa shape index (κ3) is 6.61. The lowest BCUT2D eigenvalue weighted by atomic mass is 9.94. The van der Waals surface area contributed by atoms with Crippen LogP contribution in [-0.4, -0.2) is 26.6 Å². The Morgan fingerprint density at radius 1 is 1.09 bits per heavy atom. The highest BCUT2D eigenvalue weighted by molar-refractivity contribution is 6.31. The molecule has 13 heteroatoms. The van der Waals surface area contributed by atoms with Gasteiger partial charge in [-0.3, -0.25) is 24.1 Å². The highest BCUT2D eigenvalue weighted by Crippen LogP contribution is 2.34. The number of amides is 1. The van der Waals surface area contributed by atoms with Gasteiger partial charge in [0, 0.05) is 40.5 Å². The molecule has 9 nitrogen and oxygen atoms in total. The summed E-state index contributed by atoms with van der Waals surface area (Å²) in [5.41, 5.74) is 6.67. The lowest BCUT2D eigenvalue weighted by Crippen LogP contribution is -2.30. The van der Waals surface area contributed by atoms with Crippen molar-refractivity contribution in [1.29, 1.82) is 0 Å². The van der Waals surface area contributed by atoms with Gasteiger partial charge in [-0.15, -0.1) is 0 Å². The van der Waals surface area contributed by atoms with E-state index in [9.17, 15) is 22.8 Å². The molecule has 2 aromatic carbocycles. The van der Waals surface area contributed by atoms with Gasteiger partial charge in [-0.2, -0.15) is 13.2 Å². The van der Waals surface area contributed by atoms with Gasteiger partial charge in [0.05, 0.1) is 35.1 Å². The average molecular weight is 624 g/mol. The quantitative estimate of drug-likeness (QED) is 0.187. The Hall–Kier alpha value is -4.68. The van der Waals surface area contributed by atoms with Gasteiger partial charge in [0.1, 0.15) is 5.70 Å². The molecule has 3 heterocycles. The molecule has 5 N–H and O–H groups in total. The number of aromatic nitrogens is 3. The minimum absolute atomic E-state index is 0.100. The van der Waals surface area contributed by atoms with E-state index in [0.29, 0.717) is 41.9 Å². The molecule has 2 aromatic heterocycles. The van der Waals surface area contributed by atoms with E-state index in [2.05, 4.69) is 15.3 Å². The second-order valence-corrected chi connectivity index (χ2v) is 11.0. The second-order valence-electron chi connectivity index (χ2n) is 10.5. The van der Waals surface area contributed by atoms with Crippen molar-refractivity contribution in [2.24, 2.45) is 17.5 Å². The molecule has 2 bridgehead atoms. The van der Waals surface area contributed by atoms with Gasteiger partial charge >= 0.3 is 6.18 Å². The fraction of sp³-hybridized carbons (Fsp3) is 0.226. The molecule has 2 atom stereocenters. The van der Waals surface area contributed by atoms with Crippen LogP contribution in [0.5, 0.6) is 0 Å². The maximum absolute atomic E-state index is 13.7. The molecule has 1 amide bonds. The fourth-order valence-corrected chi connectivity index (χ4v) is 5.29. The summed E-state index contributed by atoms with van der Waals surface area (Å²) in [6.45, 7) is 1.86. The maximum Gasteiger partial charge on any atom is 0.432 e. The number of nitrogens with one attached hydrogen (secondary N) is 1. The number of nitrogens with zero attached hydrogens (tertiary/aromatic N) is 4. The van der Waals surface area contributed by atoms with Gasteiger partial charge in [-0.25, -0.2) is 10.8 Å². The van der Waals surface area contributed by atoms with Gasteiger partial charge in [0.15, 0.2) is 0 Å². The molecule has 0 saturated carbocycles. The number of hydrogen-bond acceptors (Lipinski definition) is 7. The van der Waals surface area contributed by atoms with Crippen LogP contribution in [0.3, 0.4) is 0 Å². The molecule has 1 aliphatic heterocycles. The highest BCUT2D eigenvalue weighted by Gasteiger charge is 2.32. The minimum Gasteiger partial charge on any atom is -0.393 e. The first kappa shape index (κ1) is 30.8. The number of alkyl halides is 3. The van der Waals surface area contributed by atoms with Gasteiger partial charge in [0.2, 0.25) is 5.91 Å². The minimum atomic E-state index is -4.78. The summed E-state index contributed by atoms with van der Waals surface area (Å²) in [5.74, 6) is 5.53. The molecular weight excluding hydrogens is 595 g/mol. The zero-order chi connectivity index (χ0) is 31.6. The first-order chi connectivity index (χ1) is 20.9. The molecule has 0 fully saturated rings. The van der Waals surface area contributed by atoms with E-state index in [1.807, 2.05) is 31.2 Å². The number of nitrogens with two attached hydrogens (primary N) is 2. The predicted octanol–water partition coefficient (Wildman–Crippen LogP) is 6.02. The summed E-state index contributed by atoms with van der Waals surface area (Å²) in [6.07, 6.45) is 0.577. The van der Waals surface area contributed by atoms with E-state index in [0.717, 1.165) is 11.1 Å². The molecule has 1 aliphatic rings. The number of rotatable bonds is 4. The van der Waals surface area contributed by atoms with Crippen molar-refractivity contribution in [2.75, 3.05) is 10.3 Å². The predicted molar refractivity (Wildman–Crippen MR) is 163 cm³/mol. The van der Waals surface area contributed by atoms with E-state index in [-0.39, 0.29) is 33.8 Å². The van der Waals surface area contributed by atoms with Crippen molar-refractivity contribution >= 4 is 28.9 Å². The Kier molecular flexibility index (Phi) is 8.75. The summed E-state index contributed by atoms with van der Waals surface area (Å²) in [5, 5.41) is 3.96. The third-order valence-corrected chi connectivity index (χ3v) is 7.70. The normalized spacial score (nSPS) is 17.6. The SMILES string of the molecule is CC1CCCC(n2cnc(-c3cc(Cl)ccc3N(N)/C=C(\N)C(F)(F)F)cc2=O)c2cccc(c2)-c2ncccc2NC1=O. The number of carbonyl (C=O) groups is 1. The molecule has 5 rings (SSSR count). The monoisotopic (exact) mass is 623 g/mol. The first-order valence-corrected chi connectivity index (χ1v) is 14.1. The van der Waals surface area contributed by atoms with E-state index in [1.165, 1.54) is 35.2 Å². The molecule has 0 spiro atoms. The van der Waals surface area contributed by atoms with Crippen LogP contribution >= 0.6 is 11.6 Å². The second kappa shape index (κ2) is 12.5. The number of benzene rings is 2. The summed E-state index contributed by atoms with van der Waals surface area (Å²) in [4.78, 5) is 35.6. The van der Waals surface area contributed by atoms with Crippen LogP contribution in [0.15, 0.2) is 89.9 Å². The molecule has 0 saturated heterocycles. The Morgan fingerprint density at radius 3 is 2.64 bits per heavy atom. The average Bonchev–Trinajstić information content (AvgIpc) is 2.98. The number of hydrogen-bond donors (Lipinski definition) is 3. The summed E-state index contributed by atoms with van der Waals surface area (Å²) in [7, 11) is 0. The topological polar surface area (TPSA) is 132 Å². The van der Waals surface area contributed by atoms with Gasteiger partial charge in [0.25, 0.3) is 5.56 Å². The lowest BCUT2D eigenvalue weighted by molar-refractivity contribution is -0.119. The van der Waals surface area contributed by atoms with Crippen LogP contribution in [0.1, 0.15) is 37.8 Å². The smallest absolute Gasteiger partial charge is 0.393 e. The fourth-order valence-electron chi connectivity index (χ4n) is 5.12. The Morgan fingerprint density at radius 2 is 1.89 bits per heavy atom. The van der Waals surface area contributed by atoms with Gasteiger partial charge < -0.3 is 11.1 Å². The van der Waals surface area contributed by atoms with Crippen LogP contribution < -0.4 is 27.5 Å². The van der Waals surface area contributed by atoms with E-state index in [4.69, 9.17) is 23.2 Å². The molecule has 0 aliphatic carbocycles. The summed E-state index contributed by atoms with van der Waals surface area (Å²) >= 11 is 6.20. The number of carbonyl (C=O) groups excluding carboxylic acids is 1. The molecule has 2 unspecified atom stereocenters. The summed E-state index contributed by atoms with van der Waals surface area (Å²) in [6, 6.07) is 16.3. The number of halogens is 4.